The summed E-state index contributed by atoms with van der Waals surface area (Å²) in [7, 11) is 0. The lowest BCUT2D eigenvalue weighted by Gasteiger charge is -2.34. The van der Waals surface area contributed by atoms with Crippen LogP contribution in [0.5, 0.6) is 0 Å². The van der Waals surface area contributed by atoms with E-state index in [2.05, 4.69) is 43.1 Å². The molecule has 0 bridgehead atoms. The number of amides is 2. The number of aryl methyl sites for hydroxylation is 1. The standard InChI is InChI=1S/C22H30N4O3/c1-4-24(5-2)18-8-9-19(17(3)15-18)23-16-21(27)25-10-12-26(13-11-25)22(28)20-7-6-14-29-20/h6-9,14-15,23H,4-5,10-13,16H2,1-3H3. The van der Waals surface area contributed by atoms with Crippen molar-refractivity contribution in [3.8, 4) is 0 Å². The van der Waals surface area contributed by atoms with Crippen LogP contribution >= 0.6 is 0 Å². The Morgan fingerprint density at radius 1 is 1.07 bits per heavy atom. The van der Waals surface area contributed by atoms with Gasteiger partial charge in [-0.2, -0.15) is 0 Å². The topological polar surface area (TPSA) is 69.0 Å². The molecule has 2 heterocycles. The molecule has 7 nitrogen and oxygen atoms in total. The summed E-state index contributed by atoms with van der Waals surface area (Å²) < 4.78 is 5.17. The average Bonchev–Trinajstić information content (AvgIpc) is 3.28. The van der Waals surface area contributed by atoms with Gasteiger partial charge in [-0.15, -0.1) is 0 Å². The molecule has 1 aliphatic heterocycles. The molecule has 29 heavy (non-hydrogen) atoms. The molecule has 1 aliphatic rings. The fourth-order valence-corrected chi connectivity index (χ4v) is 3.63. The van der Waals surface area contributed by atoms with Gasteiger partial charge in [0.2, 0.25) is 5.91 Å². The number of carbonyl (C=O) groups is 2. The van der Waals surface area contributed by atoms with Crippen LogP contribution in [-0.2, 0) is 4.79 Å². The van der Waals surface area contributed by atoms with Gasteiger partial charge >= 0.3 is 0 Å². The molecule has 0 saturated carbocycles. The van der Waals surface area contributed by atoms with E-state index in [1.165, 1.54) is 12.0 Å². The Labute approximate surface area is 172 Å². The minimum absolute atomic E-state index is 0.0438. The van der Waals surface area contributed by atoms with E-state index in [4.69, 9.17) is 4.42 Å². The second kappa shape index (κ2) is 9.49. The summed E-state index contributed by atoms with van der Waals surface area (Å²) in [5, 5.41) is 3.26. The van der Waals surface area contributed by atoms with Crippen molar-refractivity contribution in [3.63, 3.8) is 0 Å². The van der Waals surface area contributed by atoms with Crippen molar-refractivity contribution in [1.29, 1.82) is 0 Å². The fraction of sp³-hybridized carbons (Fsp3) is 0.455. The Bertz CT molecular complexity index is 823. The predicted molar refractivity (Wildman–Crippen MR) is 114 cm³/mol. The lowest BCUT2D eigenvalue weighted by atomic mass is 10.1. The zero-order chi connectivity index (χ0) is 20.8. The van der Waals surface area contributed by atoms with Crippen molar-refractivity contribution >= 4 is 23.2 Å². The lowest BCUT2D eigenvalue weighted by molar-refractivity contribution is -0.130. The highest BCUT2D eigenvalue weighted by molar-refractivity contribution is 5.91. The summed E-state index contributed by atoms with van der Waals surface area (Å²) in [6, 6.07) is 9.65. The fourth-order valence-electron chi connectivity index (χ4n) is 3.63. The van der Waals surface area contributed by atoms with Gasteiger partial charge in [-0.3, -0.25) is 9.59 Å². The normalized spacial score (nSPS) is 14.0. The molecule has 0 spiro atoms. The van der Waals surface area contributed by atoms with Gasteiger partial charge in [0, 0.05) is 50.6 Å². The molecule has 1 aromatic heterocycles. The van der Waals surface area contributed by atoms with E-state index in [0.29, 0.717) is 31.9 Å². The second-order valence-corrected chi connectivity index (χ2v) is 7.18. The Kier molecular flexibility index (Phi) is 6.80. The highest BCUT2D eigenvalue weighted by atomic mass is 16.3. The monoisotopic (exact) mass is 398 g/mol. The van der Waals surface area contributed by atoms with E-state index in [1.807, 2.05) is 6.07 Å². The third-order valence-electron chi connectivity index (χ3n) is 5.42. The van der Waals surface area contributed by atoms with E-state index in [-0.39, 0.29) is 18.4 Å². The molecule has 7 heteroatoms. The molecule has 0 aliphatic carbocycles. The van der Waals surface area contributed by atoms with Gasteiger partial charge < -0.3 is 24.4 Å². The van der Waals surface area contributed by atoms with Crippen LogP contribution in [0.2, 0.25) is 0 Å². The smallest absolute Gasteiger partial charge is 0.289 e. The number of piperazine rings is 1. The third kappa shape index (κ3) is 4.91. The number of nitrogens with one attached hydrogen (secondary N) is 1. The zero-order valence-corrected chi connectivity index (χ0v) is 17.5. The van der Waals surface area contributed by atoms with Gasteiger partial charge in [-0.05, 0) is 56.7 Å². The first-order valence-electron chi connectivity index (χ1n) is 10.2. The van der Waals surface area contributed by atoms with E-state index < -0.39 is 0 Å². The van der Waals surface area contributed by atoms with Gasteiger partial charge in [0.05, 0.1) is 12.8 Å². The first-order chi connectivity index (χ1) is 14.0. The number of carbonyl (C=O) groups excluding carboxylic acids is 2. The largest absolute Gasteiger partial charge is 0.459 e. The van der Waals surface area contributed by atoms with Crippen LogP contribution in [0.3, 0.4) is 0 Å². The maximum Gasteiger partial charge on any atom is 0.289 e. The number of hydrogen-bond donors (Lipinski definition) is 1. The zero-order valence-electron chi connectivity index (χ0n) is 17.5. The van der Waals surface area contributed by atoms with E-state index in [9.17, 15) is 9.59 Å². The summed E-state index contributed by atoms with van der Waals surface area (Å²) in [5.41, 5.74) is 3.29. The number of nitrogens with zero attached hydrogens (tertiary/aromatic N) is 3. The maximum atomic E-state index is 12.6. The SMILES string of the molecule is CCN(CC)c1ccc(NCC(=O)N2CCN(C(=O)c3ccco3)CC2)c(C)c1. The van der Waals surface area contributed by atoms with Crippen LogP contribution in [-0.4, -0.2) is 67.4 Å². The van der Waals surface area contributed by atoms with E-state index >= 15 is 0 Å². The molecule has 1 aromatic carbocycles. The maximum absolute atomic E-state index is 12.6. The minimum atomic E-state index is -0.121. The van der Waals surface area contributed by atoms with Gasteiger partial charge in [0.1, 0.15) is 0 Å². The molecule has 3 rings (SSSR count). The first-order valence-corrected chi connectivity index (χ1v) is 10.2. The Hall–Kier alpha value is -2.96. The molecule has 2 amide bonds. The van der Waals surface area contributed by atoms with Gasteiger partial charge in [-0.1, -0.05) is 0 Å². The molecule has 0 atom stereocenters. The molecule has 1 fully saturated rings. The van der Waals surface area contributed by atoms with Crippen molar-refractivity contribution in [2.45, 2.75) is 20.8 Å². The quantitative estimate of drug-likeness (QED) is 0.777. The van der Waals surface area contributed by atoms with Crippen molar-refractivity contribution in [2.75, 3.05) is 56.0 Å². The molecule has 0 radical (unpaired) electrons. The number of benzene rings is 1. The molecule has 1 N–H and O–H groups in total. The number of furan rings is 1. The Morgan fingerprint density at radius 3 is 2.34 bits per heavy atom. The van der Waals surface area contributed by atoms with Gasteiger partial charge in [0.25, 0.3) is 5.91 Å². The van der Waals surface area contributed by atoms with Crippen LogP contribution in [0.1, 0.15) is 30.0 Å². The van der Waals surface area contributed by atoms with Crippen molar-refractivity contribution in [2.24, 2.45) is 0 Å². The average molecular weight is 399 g/mol. The minimum Gasteiger partial charge on any atom is -0.459 e. The summed E-state index contributed by atoms with van der Waals surface area (Å²) in [5.74, 6) is 0.265. The van der Waals surface area contributed by atoms with E-state index in [0.717, 1.165) is 24.3 Å². The van der Waals surface area contributed by atoms with Gasteiger partial charge in [-0.25, -0.2) is 0 Å². The molecular formula is C22H30N4O3. The summed E-state index contributed by atoms with van der Waals surface area (Å²) in [6.07, 6.45) is 1.50. The van der Waals surface area contributed by atoms with Crippen LogP contribution in [0, 0.1) is 6.92 Å². The summed E-state index contributed by atoms with van der Waals surface area (Å²) in [6.45, 7) is 10.6. The number of anilines is 2. The Balaban J connectivity index is 1.50. The third-order valence-corrected chi connectivity index (χ3v) is 5.42. The molecule has 0 unspecified atom stereocenters. The second-order valence-electron chi connectivity index (χ2n) is 7.18. The summed E-state index contributed by atoms with van der Waals surface area (Å²) in [4.78, 5) is 30.7. The highest BCUT2D eigenvalue weighted by Crippen LogP contribution is 2.22. The van der Waals surface area contributed by atoms with Crippen molar-refractivity contribution in [1.82, 2.24) is 9.80 Å². The van der Waals surface area contributed by atoms with Crippen molar-refractivity contribution in [3.05, 3.63) is 47.9 Å². The molecule has 156 valence electrons. The van der Waals surface area contributed by atoms with Crippen LogP contribution < -0.4 is 10.2 Å². The predicted octanol–water partition coefficient (Wildman–Crippen LogP) is 2.83. The molecule has 2 aromatic rings. The van der Waals surface area contributed by atoms with Crippen LogP contribution in [0.4, 0.5) is 11.4 Å². The van der Waals surface area contributed by atoms with Gasteiger partial charge in [0.15, 0.2) is 5.76 Å². The highest BCUT2D eigenvalue weighted by Gasteiger charge is 2.25. The molecule has 1 saturated heterocycles. The van der Waals surface area contributed by atoms with E-state index in [1.54, 1.807) is 21.9 Å². The number of hydrogen-bond acceptors (Lipinski definition) is 5. The Morgan fingerprint density at radius 2 is 1.76 bits per heavy atom. The van der Waals surface area contributed by atoms with Crippen molar-refractivity contribution < 1.29 is 14.0 Å². The van der Waals surface area contributed by atoms with Crippen LogP contribution in [0.15, 0.2) is 41.0 Å². The number of rotatable bonds is 7. The van der Waals surface area contributed by atoms with Crippen LogP contribution in [0.25, 0.3) is 0 Å². The summed E-state index contributed by atoms with van der Waals surface area (Å²) >= 11 is 0. The lowest BCUT2D eigenvalue weighted by Crippen LogP contribution is -2.51. The first kappa shape index (κ1) is 20.8. The molecular weight excluding hydrogens is 368 g/mol.